The number of carbonyl (C=O) groups is 4. The van der Waals surface area contributed by atoms with Crippen molar-refractivity contribution in [3.05, 3.63) is 41.6 Å². The van der Waals surface area contributed by atoms with Crippen molar-refractivity contribution in [3.8, 4) is 11.5 Å². The highest BCUT2D eigenvalue weighted by molar-refractivity contribution is 7.91. The van der Waals surface area contributed by atoms with Gasteiger partial charge in [0.2, 0.25) is 21.8 Å². The Kier molecular flexibility index (Phi) is 15.7. The molecule has 15 nitrogen and oxygen atoms in total. The highest BCUT2D eigenvalue weighted by Gasteiger charge is 2.60. The summed E-state index contributed by atoms with van der Waals surface area (Å²) in [6.45, 7) is 5.85. The lowest BCUT2D eigenvalue weighted by molar-refractivity contribution is -0.149. The number of benzene rings is 1. The van der Waals surface area contributed by atoms with E-state index >= 15 is 0 Å². The molecule has 5 aliphatic rings. The number of sulfonamides is 1. The van der Waals surface area contributed by atoms with E-state index in [1.54, 1.807) is 12.1 Å². The molecule has 2 saturated heterocycles. The average molecular weight is 1020 g/mol. The lowest BCUT2D eigenvalue weighted by Crippen LogP contribution is -2.70. The van der Waals surface area contributed by atoms with E-state index in [0.717, 1.165) is 24.2 Å². The monoisotopic (exact) mass is 1010 g/mol. The molecule has 2 aliphatic carbocycles. The maximum absolute atomic E-state index is 15.0. The number of allylic oxidation sites excluding steroid dienone is 1. The van der Waals surface area contributed by atoms with Crippen LogP contribution in [-0.4, -0.2) is 121 Å². The second-order valence-corrected chi connectivity index (χ2v) is 22.6. The number of fused-ring (bicyclic) bond motifs is 3. The number of amides is 4. The largest absolute Gasteiger partial charge is 0.493 e. The van der Waals surface area contributed by atoms with Gasteiger partial charge >= 0.3 is 18.4 Å². The summed E-state index contributed by atoms with van der Waals surface area (Å²) < 4.78 is 129. The molecule has 22 heteroatoms. The molecule has 1 spiro atoms. The molecule has 2 saturated carbocycles. The van der Waals surface area contributed by atoms with Crippen LogP contribution in [-0.2, 0) is 41.7 Å². The van der Waals surface area contributed by atoms with Crippen LogP contribution in [0, 0.1) is 17.8 Å². The Labute approximate surface area is 404 Å². The highest BCUT2D eigenvalue weighted by Crippen LogP contribution is 2.50. The van der Waals surface area contributed by atoms with E-state index < -0.39 is 105 Å². The highest BCUT2D eigenvalue weighted by atomic mass is 32.2. The summed E-state index contributed by atoms with van der Waals surface area (Å²) in [6.07, 6.45) is -1.32. The van der Waals surface area contributed by atoms with Crippen LogP contribution in [0.25, 0.3) is 10.9 Å². The molecule has 1 aromatic heterocycles. The van der Waals surface area contributed by atoms with Crippen molar-refractivity contribution in [1.29, 1.82) is 0 Å². The molecule has 70 heavy (non-hydrogen) atoms. The van der Waals surface area contributed by atoms with Crippen LogP contribution in [0.5, 0.6) is 11.5 Å². The van der Waals surface area contributed by atoms with Gasteiger partial charge in [-0.15, -0.1) is 0 Å². The topological polar surface area (TPSA) is 186 Å². The number of aromatic nitrogens is 1. The first-order chi connectivity index (χ1) is 32.9. The maximum Gasteiger partial charge on any atom is 0.437 e. The number of hydrogen-bond acceptors (Lipinski definition) is 11. The molecule has 4 heterocycles. The Bertz CT molecular complexity index is 2420. The Balaban J connectivity index is 1.17. The van der Waals surface area contributed by atoms with Crippen LogP contribution >= 0.6 is 0 Å². The lowest BCUT2D eigenvalue weighted by atomic mass is 9.65. The second kappa shape index (κ2) is 20.7. The summed E-state index contributed by atoms with van der Waals surface area (Å²) in [5.74, 6) is -3.58. The fraction of sp³-hybridized carbons (Fsp3) is 0.688. The molecule has 4 fully saturated rings. The molecule has 2 aromatic rings. The van der Waals surface area contributed by atoms with Crippen molar-refractivity contribution in [2.75, 3.05) is 45.9 Å². The number of ether oxygens (including phenoxy) is 3. The zero-order valence-electron chi connectivity index (χ0n) is 40.0. The Morgan fingerprint density at radius 3 is 2.37 bits per heavy atom. The van der Waals surface area contributed by atoms with Crippen LogP contribution < -0.4 is 24.8 Å². The third-order valence-electron chi connectivity index (χ3n) is 14.4. The molecule has 7 rings (SSSR count). The van der Waals surface area contributed by atoms with Crippen LogP contribution in [0.1, 0.15) is 116 Å². The summed E-state index contributed by atoms with van der Waals surface area (Å²) >= 11 is 0. The zero-order valence-corrected chi connectivity index (χ0v) is 40.8. The third kappa shape index (κ3) is 12.1. The van der Waals surface area contributed by atoms with E-state index in [0.29, 0.717) is 49.7 Å². The number of hydrogen-bond donors (Lipinski definition) is 3. The van der Waals surface area contributed by atoms with Crippen molar-refractivity contribution in [1.82, 2.24) is 30.1 Å². The Hall–Kier alpha value is -4.86. The molecule has 0 bridgehead atoms. The molecule has 4 amide bonds. The predicted molar refractivity (Wildman–Crippen MR) is 245 cm³/mol. The van der Waals surface area contributed by atoms with E-state index in [4.69, 9.17) is 14.2 Å². The number of aryl methyl sites for hydroxylation is 1. The molecular weight excluding hydrogens is 951 g/mol. The number of alkyl halides is 6. The Morgan fingerprint density at radius 2 is 1.74 bits per heavy atom. The number of pyridine rings is 1. The molecule has 4 atom stereocenters. The van der Waals surface area contributed by atoms with E-state index in [1.165, 1.54) is 24.0 Å². The minimum Gasteiger partial charge on any atom is -0.493 e. The van der Waals surface area contributed by atoms with Gasteiger partial charge in [-0.2, -0.15) is 26.3 Å². The summed E-state index contributed by atoms with van der Waals surface area (Å²) in [4.78, 5) is 62.2. The van der Waals surface area contributed by atoms with Crippen LogP contribution in [0.15, 0.2) is 30.4 Å². The van der Waals surface area contributed by atoms with Gasteiger partial charge in [-0.25, -0.2) is 18.2 Å². The number of nitrogens with one attached hydrogen (secondary N) is 3. The fourth-order valence-corrected chi connectivity index (χ4v) is 11.1. The number of likely N-dealkylation sites (tertiary alicyclic amines) is 2. The molecule has 4 unspecified atom stereocenters. The number of unbranched alkanes of at least 4 members (excludes halogenated alkanes) is 3. The predicted octanol–water partition coefficient (Wildman–Crippen LogP) is 7.35. The number of halogens is 6. The third-order valence-corrected chi connectivity index (χ3v) is 16.5. The van der Waals surface area contributed by atoms with Gasteiger partial charge in [0.15, 0.2) is 11.4 Å². The number of carbonyl (C=O) groups excluding carboxylic acids is 4. The molecule has 0 radical (unpaired) electrons. The smallest absolute Gasteiger partial charge is 0.437 e. The second-order valence-electron chi connectivity index (χ2n) is 20.4. The van der Waals surface area contributed by atoms with E-state index in [-0.39, 0.29) is 74.9 Å². The first-order valence-corrected chi connectivity index (χ1v) is 25.8. The molecule has 1 aromatic carbocycles. The van der Waals surface area contributed by atoms with Crippen LogP contribution in [0.2, 0.25) is 0 Å². The van der Waals surface area contributed by atoms with Crippen LogP contribution in [0.3, 0.4) is 0 Å². The first-order valence-electron chi connectivity index (χ1n) is 24.3. The zero-order chi connectivity index (χ0) is 50.9. The van der Waals surface area contributed by atoms with Crippen molar-refractivity contribution < 1.29 is 68.1 Å². The van der Waals surface area contributed by atoms with Gasteiger partial charge in [0.05, 0.1) is 36.6 Å². The quantitative estimate of drug-likeness (QED) is 0.0771. The van der Waals surface area contributed by atoms with Crippen molar-refractivity contribution in [2.24, 2.45) is 17.8 Å². The summed E-state index contributed by atoms with van der Waals surface area (Å²) in [5, 5.41) is 5.51. The SMILES string of the molecule is CCCCCC=CC1CCC1(NC(=O)C1CC2(CCc3c(c(C(F)(F)F)nc4ccc(OCC5CCN(CC(F)(F)F)CC5)cc34)O2)CN1C(=O)CNC(=O)OCC(C)C)C(=O)NS(=O)(=O)C1(C)CC1. The minimum absolute atomic E-state index is 0.00470. The summed E-state index contributed by atoms with van der Waals surface area (Å²) in [5.41, 5.74) is -4.51. The van der Waals surface area contributed by atoms with Gasteiger partial charge in [-0.05, 0) is 114 Å². The molecule has 388 valence electrons. The normalized spacial score (nSPS) is 24.8. The van der Waals surface area contributed by atoms with Gasteiger partial charge in [0.25, 0.3) is 5.91 Å². The van der Waals surface area contributed by atoms with E-state index in [2.05, 4.69) is 27.3 Å². The van der Waals surface area contributed by atoms with Gasteiger partial charge < -0.3 is 29.7 Å². The maximum atomic E-state index is 15.0. The van der Waals surface area contributed by atoms with Crippen molar-refractivity contribution in [2.45, 2.75) is 145 Å². The van der Waals surface area contributed by atoms with Crippen molar-refractivity contribution >= 4 is 44.7 Å². The minimum atomic E-state index is -5.01. The van der Waals surface area contributed by atoms with E-state index in [9.17, 15) is 53.9 Å². The average Bonchev–Trinajstić information content (AvgIpc) is 3.95. The fourth-order valence-electron chi connectivity index (χ4n) is 9.78. The number of nitrogens with zero attached hydrogens (tertiary/aromatic N) is 3. The van der Waals surface area contributed by atoms with Gasteiger partial charge in [0.1, 0.15) is 29.5 Å². The number of alkyl carbamates (subject to hydrolysis) is 1. The molecular formula is C48H64F6N6O9S. The standard InChI is InChI=1S/C48H64F6N6O9S/c1-5-6-7-8-9-10-32-13-18-46(32,42(63)58-70(65,66)44(4)19-20-44)57-41(62)37-24-45(28-60(37)38(61)25-55-43(64)68-26-30(2)3)17-14-34-35-23-33(11-12-36(35)56-40(39(34)69-45)48(52,53)54)67-27-31-15-21-59(22-16-31)29-47(49,50)51/h9-12,23,30-32,37H,5-8,13-22,24-29H2,1-4H3,(H,55,64)(H,57,62)(H,58,63). The number of piperidine rings is 1. The van der Waals surface area contributed by atoms with E-state index in [1.807, 2.05) is 19.9 Å². The van der Waals surface area contributed by atoms with Crippen molar-refractivity contribution in [3.63, 3.8) is 0 Å². The van der Waals surface area contributed by atoms with Gasteiger partial charge in [-0.1, -0.05) is 45.8 Å². The van der Waals surface area contributed by atoms with Gasteiger partial charge in [0, 0.05) is 23.3 Å². The summed E-state index contributed by atoms with van der Waals surface area (Å²) in [7, 11) is -4.16. The molecule has 3 N–H and O–H groups in total. The molecule has 3 aliphatic heterocycles. The number of rotatable bonds is 18. The van der Waals surface area contributed by atoms with Gasteiger partial charge in [-0.3, -0.25) is 24.0 Å². The Morgan fingerprint density at radius 1 is 1.01 bits per heavy atom. The van der Waals surface area contributed by atoms with Crippen LogP contribution in [0.4, 0.5) is 31.1 Å². The summed E-state index contributed by atoms with van der Waals surface area (Å²) in [6, 6.07) is 2.96. The first kappa shape index (κ1) is 53.0. The lowest BCUT2D eigenvalue weighted by Gasteiger charge is -2.47.